The van der Waals surface area contributed by atoms with Gasteiger partial charge < -0.3 is 9.30 Å². The highest BCUT2D eigenvalue weighted by atomic mass is 35.5. The highest BCUT2D eigenvalue weighted by molar-refractivity contribution is 7.80. The largest absolute Gasteiger partial charge is 0.496 e. The Morgan fingerprint density at radius 2 is 2.08 bits per heavy atom. The molecule has 2 aromatic rings. The van der Waals surface area contributed by atoms with Gasteiger partial charge in [0.1, 0.15) is 10.7 Å². The van der Waals surface area contributed by atoms with E-state index in [1.165, 1.54) is 5.69 Å². The maximum absolute atomic E-state index is 6.13. The predicted octanol–water partition coefficient (Wildman–Crippen LogP) is 5.59. The normalized spacial score (nSPS) is 12.5. The first-order chi connectivity index (χ1) is 11.8. The topological polar surface area (TPSA) is 26.5 Å². The van der Waals surface area contributed by atoms with E-state index in [0.717, 1.165) is 29.8 Å². The summed E-state index contributed by atoms with van der Waals surface area (Å²) in [6.45, 7) is 9.81. The third-order valence-corrected chi connectivity index (χ3v) is 5.30. The summed E-state index contributed by atoms with van der Waals surface area (Å²) < 4.78 is 7.69. The number of hydrogen-bond acceptors (Lipinski definition) is 3. The Morgan fingerprint density at radius 1 is 1.36 bits per heavy atom. The number of nitrogens with zero attached hydrogens (tertiary/aromatic N) is 2. The van der Waals surface area contributed by atoms with Crippen LogP contribution >= 0.6 is 35.2 Å². The zero-order valence-electron chi connectivity index (χ0n) is 15.4. The molecule has 136 valence electrons. The first-order valence-electron chi connectivity index (χ1n) is 8.39. The number of unbranched alkanes of at least 4 members (excludes halogenated alkanes) is 1. The monoisotopic (exact) mass is 396 g/mol. The first-order valence-corrected chi connectivity index (χ1v) is 10.1. The number of rotatable bonds is 5. The van der Waals surface area contributed by atoms with Gasteiger partial charge in [-0.25, -0.2) is 4.99 Å². The van der Waals surface area contributed by atoms with Crippen LogP contribution in [0.25, 0.3) is 0 Å². The van der Waals surface area contributed by atoms with Gasteiger partial charge in [-0.05, 0) is 24.6 Å². The number of methoxy groups -OCH3 is 1. The lowest BCUT2D eigenvalue weighted by Gasteiger charge is -2.21. The van der Waals surface area contributed by atoms with Crippen molar-refractivity contribution in [3.05, 3.63) is 44.7 Å². The van der Waals surface area contributed by atoms with E-state index in [4.69, 9.17) is 33.5 Å². The molecule has 0 spiro atoms. The van der Waals surface area contributed by atoms with E-state index < -0.39 is 0 Å². The van der Waals surface area contributed by atoms with E-state index in [2.05, 4.69) is 37.6 Å². The van der Waals surface area contributed by atoms with Crippen molar-refractivity contribution in [1.82, 2.24) is 4.57 Å². The van der Waals surface area contributed by atoms with Gasteiger partial charge in [0.2, 0.25) is 0 Å². The van der Waals surface area contributed by atoms with E-state index in [1.54, 1.807) is 30.6 Å². The van der Waals surface area contributed by atoms with Gasteiger partial charge in [0.25, 0.3) is 0 Å². The van der Waals surface area contributed by atoms with Crippen LogP contribution in [0.15, 0.2) is 28.6 Å². The summed E-state index contributed by atoms with van der Waals surface area (Å²) in [7, 11) is 1.62. The van der Waals surface area contributed by atoms with Crippen molar-refractivity contribution in [1.29, 1.82) is 0 Å². The number of aromatic nitrogens is 1. The zero-order valence-corrected chi connectivity index (χ0v) is 17.8. The molecule has 0 radical (unpaired) electrons. The van der Waals surface area contributed by atoms with Crippen LogP contribution in [-0.2, 0) is 12.0 Å². The van der Waals surface area contributed by atoms with Crippen LogP contribution in [0, 0.1) is 0 Å². The van der Waals surface area contributed by atoms with Crippen molar-refractivity contribution in [3.63, 3.8) is 0 Å². The second-order valence-electron chi connectivity index (χ2n) is 6.92. The molecule has 0 aliphatic heterocycles. The fourth-order valence-corrected chi connectivity index (χ4v) is 4.17. The Hall–Kier alpha value is -1.17. The molecule has 1 aromatic heterocycles. The molecule has 0 saturated carbocycles. The molecule has 0 bridgehead atoms. The summed E-state index contributed by atoms with van der Waals surface area (Å²) in [4.78, 5) is 6.15. The summed E-state index contributed by atoms with van der Waals surface area (Å²) >= 11 is 13.3. The van der Waals surface area contributed by atoms with Crippen LogP contribution in [0.4, 0.5) is 0 Å². The van der Waals surface area contributed by atoms with Gasteiger partial charge in [-0.1, -0.05) is 57.9 Å². The minimum Gasteiger partial charge on any atom is -0.496 e. The standard InChI is InChI=1S/C19H25ClN2OS2/c1-6-7-10-22-16(19(2,3)4)12-25-18(22)21-17(24)14-11-13(20)8-9-15(14)23-5/h8-9,11-12H,6-7,10H2,1-5H3. The number of thiocarbonyl (C=S) groups is 1. The summed E-state index contributed by atoms with van der Waals surface area (Å²) in [5.41, 5.74) is 2.09. The molecule has 6 heteroatoms. The zero-order chi connectivity index (χ0) is 18.6. The van der Waals surface area contributed by atoms with Crippen LogP contribution in [0.3, 0.4) is 0 Å². The van der Waals surface area contributed by atoms with Crippen molar-refractivity contribution in [3.8, 4) is 5.75 Å². The van der Waals surface area contributed by atoms with Crippen molar-refractivity contribution < 1.29 is 4.74 Å². The van der Waals surface area contributed by atoms with Crippen LogP contribution in [0.1, 0.15) is 51.8 Å². The quantitative estimate of drug-likeness (QED) is 0.616. The smallest absolute Gasteiger partial charge is 0.190 e. The highest BCUT2D eigenvalue weighted by Gasteiger charge is 2.20. The maximum atomic E-state index is 6.13. The van der Waals surface area contributed by atoms with Gasteiger partial charge in [-0.3, -0.25) is 0 Å². The Kier molecular flexibility index (Phi) is 6.83. The van der Waals surface area contributed by atoms with Crippen LogP contribution in [0.5, 0.6) is 5.75 Å². The third kappa shape index (κ3) is 4.93. The van der Waals surface area contributed by atoms with Gasteiger partial charge in [-0.15, -0.1) is 11.3 Å². The van der Waals surface area contributed by atoms with Crippen molar-refractivity contribution >= 4 is 40.1 Å². The van der Waals surface area contributed by atoms with Crippen LogP contribution < -0.4 is 9.54 Å². The lowest BCUT2D eigenvalue weighted by Crippen LogP contribution is -2.25. The number of ether oxygens (including phenoxy) is 1. The van der Waals surface area contributed by atoms with E-state index in [1.807, 2.05) is 6.07 Å². The number of thiazole rings is 1. The van der Waals surface area contributed by atoms with Gasteiger partial charge in [-0.2, -0.15) is 0 Å². The minimum atomic E-state index is 0.0629. The molecular weight excluding hydrogens is 372 g/mol. The van der Waals surface area contributed by atoms with Gasteiger partial charge >= 0.3 is 0 Å². The molecule has 0 unspecified atom stereocenters. The second kappa shape index (κ2) is 8.47. The SMILES string of the molecule is CCCCn1c(C(C)(C)C)csc1=NC(=S)c1cc(Cl)ccc1OC. The molecule has 1 aromatic carbocycles. The lowest BCUT2D eigenvalue weighted by molar-refractivity contribution is 0.414. The fourth-order valence-electron chi connectivity index (χ4n) is 2.53. The number of hydrogen-bond donors (Lipinski definition) is 0. The average Bonchev–Trinajstić information content (AvgIpc) is 2.95. The molecule has 0 aliphatic carbocycles. The first kappa shape index (κ1) is 20.1. The molecule has 0 atom stereocenters. The van der Waals surface area contributed by atoms with Crippen molar-refractivity contribution in [2.24, 2.45) is 4.99 Å². The van der Waals surface area contributed by atoms with E-state index in [0.29, 0.717) is 15.8 Å². The predicted molar refractivity (Wildman–Crippen MR) is 111 cm³/mol. The number of benzene rings is 1. The molecule has 0 aliphatic rings. The third-order valence-electron chi connectivity index (χ3n) is 3.89. The Bertz CT molecular complexity index is 816. The molecule has 25 heavy (non-hydrogen) atoms. The Morgan fingerprint density at radius 3 is 2.68 bits per heavy atom. The molecule has 1 heterocycles. The Balaban J connectivity index is 2.52. The van der Waals surface area contributed by atoms with Gasteiger partial charge in [0.15, 0.2) is 4.80 Å². The molecule has 0 saturated heterocycles. The van der Waals surface area contributed by atoms with Crippen LogP contribution in [-0.4, -0.2) is 16.7 Å². The minimum absolute atomic E-state index is 0.0629. The molecule has 0 amide bonds. The highest BCUT2D eigenvalue weighted by Crippen LogP contribution is 2.25. The Labute approximate surface area is 164 Å². The molecule has 2 rings (SSSR count). The lowest BCUT2D eigenvalue weighted by atomic mass is 9.93. The summed E-state index contributed by atoms with van der Waals surface area (Å²) in [5.74, 6) is 0.686. The van der Waals surface area contributed by atoms with Crippen molar-refractivity contribution in [2.75, 3.05) is 7.11 Å². The van der Waals surface area contributed by atoms with E-state index >= 15 is 0 Å². The fraction of sp³-hybridized carbons (Fsp3) is 0.474. The summed E-state index contributed by atoms with van der Waals surface area (Å²) in [5, 5.41) is 2.81. The number of halogens is 1. The van der Waals surface area contributed by atoms with Crippen molar-refractivity contribution in [2.45, 2.75) is 52.5 Å². The van der Waals surface area contributed by atoms with Gasteiger partial charge in [0.05, 0.1) is 12.7 Å². The molecule has 0 fully saturated rings. The molecular formula is C19H25ClN2OS2. The average molecular weight is 397 g/mol. The maximum Gasteiger partial charge on any atom is 0.190 e. The van der Waals surface area contributed by atoms with E-state index in [9.17, 15) is 0 Å². The van der Waals surface area contributed by atoms with Crippen LogP contribution in [0.2, 0.25) is 5.02 Å². The molecule has 0 N–H and O–H groups in total. The van der Waals surface area contributed by atoms with Gasteiger partial charge in [0, 0.05) is 28.1 Å². The summed E-state index contributed by atoms with van der Waals surface area (Å²) in [6, 6.07) is 5.41. The van der Waals surface area contributed by atoms with E-state index in [-0.39, 0.29) is 5.41 Å². The second-order valence-corrected chi connectivity index (χ2v) is 8.58. The summed E-state index contributed by atoms with van der Waals surface area (Å²) in [6.07, 6.45) is 2.25. The molecule has 3 nitrogen and oxygen atoms in total.